The summed E-state index contributed by atoms with van der Waals surface area (Å²) in [6.07, 6.45) is 1.44. The van der Waals surface area contributed by atoms with E-state index in [2.05, 4.69) is 20.5 Å². The summed E-state index contributed by atoms with van der Waals surface area (Å²) < 4.78 is 28.8. The molecule has 1 saturated carbocycles. The third-order valence-corrected chi connectivity index (χ3v) is 8.91. The molecule has 2 aliphatic rings. The quantitative estimate of drug-likeness (QED) is 0.390. The van der Waals surface area contributed by atoms with Crippen LogP contribution in [-0.2, 0) is 30.0 Å². The third kappa shape index (κ3) is 5.53. The molecule has 1 aliphatic heterocycles. The molecular formula is C23H30ClN5O5S. The van der Waals surface area contributed by atoms with Crippen LogP contribution in [0.4, 0.5) is 0 Å². The second-order valence-electron chi connectivity index (χ2n) is 10.0. The van der Waals surface area contributed by atoms with Crippen LogP contribution in [0.3, 0.4) is 0 Å². The van der Waals surface area contributed by atoms with E-state index in [4.69, 9.17) is 11.6 Å². The highest BCUT2D eigenvalue weighted by Crippen LogP contribution is 2.47. The number of carbonyl (C=O) groups excluding carboxylic acids is 2. The Kier molecular flexibility index (Phi) is 6.73. The molecule has 1 unspecified atom stereocenters. The maximum Gasteiger partial charge on any atom is 0.272 e. The van der Waals surface area contributed by atoms with E-state index >= 15 is 0 Å². The monoisotopic (exact) mass is 523 g/mol. The second kappa shape index (κ2) is 9.20. The summed E-state index contributed by atoms with van der Waals surface area (Å²) in [7, 11) is -2.11. The lowest BCUT2D eigenvalue weighted by atomic mass is 9.94. The number of benzene rings is 1. The normalized spacial score (nSPS) is 19.1. The van der Waals surface area contributed by atoms with Gasteiger partial charge in [0.2, 0.25) is 10.0 Å². The molecule has 35 heavy (non-hydrogen) atoms. The fraction of sp³-hybridized carbons (Fsp3) is 0.522. The number of aliphatic hydroxyl groups is 1. The first-order valence-electron chi connectivity index (χ1n) is 11.4. The molecule has 12 heteroatoms. The summed E-state index contributed by atoms with van der Waals surface area (Å²) >= 11 is 5.90. The SMILES string of the molecule is Cn1nc(C(=O)NCc2ccc(Cl)cc2)c2c1C(=O)NC(CC1(S(=O)(=O)NCC(C)(C)O)CC1)C2. The van der Waals surface area contributed by atoms with Gasteiger partial charge in [-0.15, -0.1) is 0 Å². The molecule has 2 heterocycles. The van der Waals surface area contributed by atoms with Gasteiger partial charge in [-0.2, -0.15) is 5.10 Å². The van der Waals surface area contributed by atoms with Crippen molar-refractivity contribution in [2.45, 2.75) is 62.5 Å². The first-order chi connectivity index (χ1) is 16.3. The van der Waals surface area contributed by atoms with E-state index in [-0.39, 0.29) is 31.1 Å². The van der Waals surface area contributed by atoms with E-state index < -0.39 is 32.3 Å². The molecular weight excluding hydrogens is 494 g/mol. The topological polar surface area (TPSA) is 142 Å². The molecule has 2 aromatic rings. The lowest BCUT2D eigenvalue weighted by Gasteiger charge is -2.29. The number of nitrogens with one attached hydrogen (secondary N) is 3. The zero-order valence-corrected chi connectivity index (χ0v) is 21.5. The van der Waals surface area contributed by atoms with Gasteiger partial charge in [0.15, 0.2) is 5.69 Å². The van der Waals surface area contributed by atoms with E-state index in [0.717, 1.165) is 5.56 Å². The molecule has 1 atom stereocenters. The predicted molar refractivity (Wildman–Crippen MR) is 131 cm³/mol. The van der Waals surface area contributed by atoms with Crippen LogP contribution >= 0.6 is 11.6 Å². The molecule has 2 amide bonds. The number of aryl methyl sites for hydroxylation is 1. The molecule has 4 N–H and O–H groups in total. The molecule has 0 saturated heterocycles. The second-order valence-corrected chi connectivity index (χ2v) is 12.6. The molecule has 1 fully saturated rings. The highest BCUT2D eigenvalue weighted by molar-refractivity contribution is 7.91. The van der Waals surface area contributed by atoms with Gasteiger partial charge in [-0.3, -0.25) is 14.3 Å². The summed E-state index contributed by atoms with van der Waals surface area (Å²) in [5.74, 6) is -0.800. The van der Waals surface area contributed by atoms with E-state index in [9.17, 15) is 23.1 Å². The highest BCUT2D eigenvalue weighted by atomic mass is 35.5. The minimum absolute atomic E-state index is 0.0984. The molecule has 0 spiro atoms. The van der Waals surface area contributed by atoms with Crippen molar-refractivity contribution in [3.8, 4) is 0 Å². The Bertz CT molecular complexity index is 1250. The van der Waals surface area contributed by atoms with Crippen molar-refractivity contribution < 1.29 is 23.1 Å². The van der Waals surface area contributed by atoms with Gasteiger partial charge in [0.1, 0.15) is 5.69 Å². The van der Waals surface area contributed by atoms with Crippen molar-refractivity contribution in [3.05, 3.63) is 51.8 Å². The lowest BCUT2D eigenvalue weighted by molar-refractivity contribution is 0.0855. The Balaban J connectivity index is 1.49. The maximum atomic E-state index is 13.0. The molecule has 1 aliphatic carbocycles. The van der Waals surface area contributed by atoms with Gasteiger partial charge in [-0.05, 0) is 57.2 Å². The maximum absolute atomic E-state index is 13.0. The molecule has 0 bridgehead atoms. The number of amides is 2. The number of halogens is 1. The Hall–Kier alpha value is -2.47. The van der Waals surface area contributed by atoms with E-state index in [1.807, 2.05) is 0 Å². The molecule has 190 valence electrons. The summed E-state index contributed by atoms with van der Waals surface area (Å²) in [5, 5.41) is 20.5. The van der Waals surface area contributed by atoms with Gasteiger partial charge in [0, 0.05) is 36.8 Å². The summed E-state index contributed by atoms with van der Waals surface area (Å²) in [6.45, 7) is 3.23. The molecule has 1 aromatic heterocycles. The summed E-state index contributed by atoms with van der Waals surface area (Å²) in [6, 6.07) is 6.61. The number of rotatable bonds is 9. The van der Waals surface area contributed by atoms with Crippen LogP contribution in [0.25, 0.3) is 0 Å². The number of fused-ring (bicyclic) bond motifs is 1. The van der Waals surface area contributed by atoms with E-state index in [1.54, 1.807) is 31.3 Å². The van der Waals surface area contributed by atoms with Crippen LogP contribution in [0.2, 0.25) is 5.02 Å². The van der Waals surface area contributed by atoms with Crippen molar-refractivity contribution >= 4 is 33.4 Å². The van der Waals surface area contributed by atoms with Crippen molar-refractivity contribution in [2.24, 2.45) is 7.05 Å². The van der Waals surface area contributed by atoms with Crippen molar-refractivity contribution in [3.63, 3.8) is 0 Å². The fourth-order valence-electron chi connectivity index (χ4n) is 4.37. The zero-order valence-electron chi connectivity index (χ0n) is 19.9. The van der Waals surface area contributed by atoms with Gasteiger partial charge in [-0.1, -0.05) is 23.7 Å². The average Bonchev–Trinajstić information content (AvgIpc) is 3.48. The van der Waals surface area contributed by atoms with Gasteiger partial charge in [0.25, 0.3) is 11.8 Å². The van der Waals surface area contributed by atoms with Crippen LogP contribution in [0, 0.1) is 0 Å². The fourth-order valence-corrected chi connectivity index (χ4v) is 6.40. The van der Waals surface area contributed by atoms with Crippen LogP contribution in [0.5, 0.6) is 0 Å². The number of nitrogens with zero attached hydrogens (tertiary/aromatic N) is 2. The molecule has 10 nitrogen and oxygen atoms in total. The van der Waals surface area contributed by atoms with Gasteiger partial charge in [0.05, 0.1) is 10.3 Å². The van der Waals surface area contributed by atoms with Gasteiger partial charge >= 0.3 is 0 Å². The van der Waals surface area contributed by atoms with Crippen LogP contribution in [0.15, 0.2) is 24.3 Å². The number of aromatic nitrogens is 2. The van der Waals surface area contributed by atoms with Gasteiger partial charge < -0.3 is 15.7 Å². The third-order valence-electron chi connectivity index (χ3n) is 6.42. The molecule has 4 rings (SSSR count). The van der Waals surface area contributed by atoms with E-state index in [1.165, 1.54) is 18.5 Å². The van der Waals surface area contributed by atoms with E-state index in [0.29, 0.717) is 35.5 Å². The number of hydrogen-bond donors (Lipinski definition) is 4. The van der Waals surface area contributed by atoms with Crippen LogP contribution < -0.4 is 15.4 Å². The van der Waals surface area contributed by atoms with Crippen molar-refractivity contribution in [2.75, 3.05) is 6.54 Å². The van der Waals surface area contributed by atoms with Crippen molar-refractivity contribution in [1.29, 1.82) is 0 Å². The minimum Gasteiger partial charge on any atom is -0.389 e. The first-order valence-corrected chi connectivity index (χ1v) is 13.3. The smallest absolute Gasteiger partial charge is 0.272 e. The molecule has 1 aromatic carbocycles. The van der Waals surface area contributed by atoms with Crippen LogP contribution in [0.1, 0.15) is 65.2 Å². The standard InChI is InChI=1S/C23H30ClN5O5S/c1-22(2,32)13-26-35(33,34)23(8-9-23)11-16-10-17-18(28-29(3)19(17)21(31)27-16)20(30)25-12-14-4-6-15(24)7-5-14/h4-7,16,26,32H,8-13H2,1-3H3,(H,25,30)(H,27,31). The highest BCUT2D eigenvalue weighted by Gasteiger charge is 2.56. The van der Waals surface area contributed by atoms with Crippen molar-refractivity contribution in [1.82, 2.24) is 25.1 Å². The molecule has 0 radical (unpaired) electrons. The Morgan fingerprint density at radius 2 is 1.97 bits per heavy atom. The lowest BCUT2D eigenvalue weighted by Crippen LogP contribution is -2.49. The summed E-state index contributed by atoms with van der Waals surface area (Å²) in [4.78, 5) is 25.8. The number of hydrogen-bond acceptors (Lipinski definition) is 6. The Morgan fingerprint density at radius 3 is 2.57 bits per heavy atom. The Morgan fingerprint density at radius 1 is 1.31 bits per heavy atom. The van der Waals surface area contributed by atoms with Gasteiger partial charge in [-0.25, -0.2) is 13.1 Å². The van der Waals surface area contributed by atoms with Crippen LogP contribution in [-0.4, -0.2) is 58.1 Å². The largest absolute Gasteiger partial charge is 0.389 e. The zero-order chi connectivity index (χ0) is 25.6. The first kappa shape index (κ1) is 25.6. The number of carbonyl (C=O) groups is 2. The average molecular weight is 524 g/mol. The summed E-state index contributed by atoms with van der Waals surface area (Å²) in [5.41, 5.74) is 0.645. The Labute approximate surface area is 209 Å². The predicted octanol–water partition coefficient (Wildman–Crippen LogP) is 1.27. The number of sulfonamides is 1. The minimum atomic E-state index is -3.71.